The highest BCUT2D eigenvalue weighted by Gasteiger charge is 2.30. The number of aromatic amines is 4. The van der Waals surface area contributed by atoms with Crippen LogP contribution in [0.2, 0.25) is 0 Å². The number of fused-ring (bicyclic) bond motifs is 4. The van der Waals surface area contributed by atoms with E-state index in [4.69, 9.17) is 0 Å². The lowest BCUT2D eigenvalue weighted by molar-refractivity contribution is 0.475. The number of H-pyrrole nitrogens is 4. The largest absolute Gasteiger partial charge is 0.508 e. The summed E-state index contributed by atoms with van der Waals surface area (Å²) >= 11 is 7.98. The Labute approximate surface area is 301 Å². The molecule has 8 N–H and O–H groups in total. The van der Waals surface area contributed by atoms with Crippen molar-refractivity contribution in [1.82, 2.24) is 19.9 Å². The number of rotatable bonds is 6. The molecule has 50 heavy (non-hydrogen) atoms. The minimum Gasteiger partial charge on any atom is -0.508 e. The molecule has 0 saturated carbocycles. The van der Waals surface area contributed by atoms with Crippen molar-refractivity contribution in [3.63, 3.8) is 0 Å². The molecular formula is C40H28Br2N4O4. The van der Waals surface area contributed by atoms with Crippen LogP contribution < -0.4 is 0 Å². The summed E-state index contributed by atoms with van der Waals surface area (Å²) in [5.41, 5.74) is 9.30. The van der Waals surface area contributed by atoms with Gasteiger partial charge in [-0.1, -0.05) is 31.9 Å². The summed E-state index contributed by atoms with van der Waals surface area (Å²) in [7, 11) is 0. The van der Waals surface area contributed by atoms with Crippen LogP contribution in [0.3, 0.4) is 0 Å². The van der Waals surface area contributed by atoms with Gasteiger partial charge < -0.3 is 40.4 Å². The molecule has 0 aliphatic carbocycles. The lowest BCUT2D eigenvalue weighted by Gasteiger charge is -2.24. The van der Waals surface area contributed by atoms with Gasteiger partial charge in [0, 0.05) is 89.2 Å². The average Bonchev–Trinajstić information content (AvgIpc) is 3.90. The number of nitrogens with one attached hydrogen (secondary N) is 4. The van der Waals surface area contributed by atoms with Gasteiger partial charge in [-0.2, -0.15) is 0 Å². The van der Waals surface area contributed by atoms with Gasteiger partial charge in [0.1, 0.15) is 23.0 Å². The summed E-state index contributed by atoms with van der Waals surface area (Å²) in [4.78, 5) is 13.5. The van der Waals surface area contributed by atoms with E-state index in [1.165, 1.54) is 0 Å². The van der Waals surface area contributed by atoms with E-state index in [1.54, 1.807) is 48.5 Å². The van der Waals surface area contributed by atoms with Gasteiger partial charge in [0.15, 0.2) is 0 Å². The highest BCUT2D eigenvalue weighted by Crippen LogP contribution is 2.48. The number of aromatic nitrogens is 4. The molecule has 0 atom stereocenters. The molecule has 10 heteroatoms. The number of phenolic OH excluding ortho intramolecular Hbond substituents is 4. The number of hydrogen-bond donors (Lipinski definition) is 8. The Balaban J connectivity index is 1.30. The van der Waals surface area contributed by atoms with Crippen molar-refractivity contribution in [2.75, 3.05) is 0 Å². The summed E-state index contributed by atoms with van der Waals surface area (Å²) in [5.74, 6) is 0.0234. The van der Waals surface area contributed by atoms with Crippen LogP contribution in [0.5, 0.6) is 23.0 Å². The molecule has 0 aliphatic rings. The first-order valence-electron chi connectivity index (χ1n) is 15.9. The highest BCUT2D eigenvalue weighted by molar-refractivity contribution is 9.11. The van der Waals surface area contributed by atoms with E-state index < -0.39 is 0 Å². The van der Waals surface area contributed by atoms with Crippen LogP contribution in [0.1, 0.15) is 45.2 Å². The molecule has 0 radical (unpaired) electrons. The van der Waals surface area contributed by atoms with Crippen molar-refractivity contribution in [2.24, 2.45) is 0 Å². The molecule has 0 unspecified atom stereocenters. The van der Waals surface area contributed by atoms with Crippen molar-refractivity contribution in [2.45, 2.75) is 11.8 Å². The molecular weight excluding hydrogens is 760 g/mol. The molecule has 0 spiro atoms. The van der Waals surface area contributed by atoms with E-state index in [1.807, 2.05) is 49.1 Å². The normalized spacial score (nSPS) is 12.1. The third kappa shape index (κ3) is 4.86. The molecule has 9 rings (SSSR count). The fraction of sp³-hybridized carbons (Fsp3) is 0.0500. The lowest BCUT2D eigenvalue weighted by atomic mass is 9.81. The Kier molecular flexibility index (Phi) is 7.01. The van der Waals surface area contributed by atoms with Crippen LogP contribution in [0.15, 0.2) is 119 Å². The third-order valence-corrected chi connectivity index (χ3v) is 11.1. The van der Waals surface area contributed by atoms with Crippen molar-refractivity contribution in [1.29, 1.82) is 0 Å². The second-order valence-corrected chi connectivity index (χ2v) is 14.4. The molecule has 0 fully saturated rings. The Morgan fingerprint density at radius 2 is 0.620 bits per heavy atom. The maximum Gasteiger partial charge on any atom is 0.116 e. The van der Waals surface area contributed by atoms with Crippen LogP contribution in [-0.2, 0) is 0 Å². The zero-order chi connectivity index (χ0) is 34.3. The molecule has 9 aromatic rings. The number of phenols is 4. The van der Waals surface area contributed by atoms with Gasteiger partial charge in [-0.15, -0.1) is 0 Å². The monoisotopic (exact) mass is 786 g/mol. The maximum atomic E-state index is 10.5. The minimum absolute atomic E-state index is 0.168. The zero-order valence-electron chi connectivity index (χ0n) is 26.1. The van der Waals surface area contributed by atoms with E-state index in [0.29, 0.717) is 0 Å². The molecule has 0 bridgehead atoms. The van der Waals surface area contributed by atoms with Gasteiger partial charge in [0.05, 0.1) is 0 Å². The topological polar surface area (TPSA) is 144 Å². The fourth-order valence-corrected chi connectivity index (χ4v) is 8.68. The first-order valence-corrected chi connectivity index (χ1v) is 17.5. The first-order chi connectivity index (χ1) is 24.2. The van der Waals surface area contributed by atoms with E-state index in [2.05, 4.69) is 63.9 Å². The van der Waals surface area contributed by atoms with Gasteiger partial charge in [-0.25, -0.2) is 0 Å². The van der Waals surface area contributed by atoms with E-state index in [0.717, 1.165) is 85.9 Å². The second kappa shape index (κ2) is 11.5. The maximum absolute atomic E-state index is 10.5. The Bertz CT molecular complexity index is 2420. The summed E-state index contributed by atoms with van der Waals surface area (Å²) in [6.45, 7) is 0. The molecule has 246 valence electrons. The smallest absolute Gasteiger partial charge is 0.116 e. The van der Waals surface area contributed by atoms with Gasteiger partial charge in [0.25, 0.3) is 0 Å². The number of aromatic hydroxyl groups is 4. The molecule has 8 nitrogen and oxygen atoms in total. The Morgan fingerprint density at radius 3 is 0.880 bits per heavy atom. The van der Waals surface area contributed by atoms with E-state index in [9.17, 15) is 20.4 Å². The zero-order valence-corrected chi connectivity index (χ0v) is 29.3. The van der Waals surface area contributed by atoms with Crippen molar-refractivity contribution < 1.29 is 20.4 Å². The highest BCUT2D eigenvalue weighted by atomic mass is 79.9. The third-order valence-electron chi connectivity index (χ3n) is 9.77. The number of hydrogen-bond acceptors (Lipinski definition) is 4. The van der Waals surface area contributed by atoms with Crippen molar-refractivity contribution in [3.8, 4) is 23.0 Å². The molecule has 4 aromatic heterocycles. The summed E-state index contributed by atoms with van der Waals surface area (Å²) in [5, 5.41) is 45.6. The Morgan fingerprint density at radius 1 is 0.360 bits per heavy atom. The van der Waals surface area contributed by atoms with E-state index >= 15 is 0 Å². The summed E-state index contributed by atoms with van der Waals surface area (Å²) < 4.78 is 1.69. The van der Waals surface area contributed by atoms with Crippen LogP contribution in [-0.4, -0.2) is 40.4 Å². The van der Waals surface area contributed by atoms with Gasteiger partial charge in [-0.3, -0.25) is 0 Å². The quantitative estimate of drug-likeness (QED) is 0.0848. The predicted octanol–water partition coefficient (Wildman–Crippen LogP) is 10.3. The number of benzene rings is 5. The Hall–Kier alpha value is -5.58. The van der Waals surface area contributed by atoms with Crippen LogP contribution in [0.25, 0.3) is 43.6 Å². The van der Waals surface area contributed by atoms with Crippen molar-refractivity contribution >= 4 is 75.5 Å². The number of halogens is 2. The van der Waals surface area contributed by atoms with Crippen LogP contribution >= 0.6 is 31.9 Å². The van der Waals surface area contributed by atoms with E-state index in [-0.39, 0.29) is 34.8 Å². The average molecular weight is 788 g/mol. The van der Waals surface area contributed by atoms with Gasteiger partial charge in [0.2, 0.25) is 0 Å². The molecule has 5 aromatic carbocycles. The van der Waals surface area contributed by atoms with Crippen LogP contribution in [0, 0.1) is 0 Å². The predicted molar refractivity (Wildman–Crippen MR) is 204 cm³/mol. The summed E-state index contributed by atoms with van der Waals surface area (Å²) in [6, 6.07) is 25.4. The molecule has 4 heterocycles. The standard InChI is InChI=1S/C40H28Br2N4O4/c41-33-14-28(40(31-17-45-37-7-3-21(49)11-25(31)37)32-18-46-38-8-4-22(50)12-26(32)38)34(42)13-27(33)39(29-15-43-35-5-1-19(47)9-23(29)35)30-16-44-36-6-2-20(48)10-24(30)36/h1-18,39-40,43-50H. The molecule has 0 amide bonds. The van der Waals surface area contributed by atoms with Gasteiger partial charge in [-0.05, 0) is 118 Å². The first kappa shape index (κ1) is 30.5. The second-order valence-electron chi connectivity index (χ2n) is 12.7. The minimum atomic E-state index is -0.325. The lowest BCUT2D eigenvalue weighted by Crippen LogP contribution is -2.08. The molecule has 0 saturated heterocycles. The van der Waals surface area contributed by atoms with Crippen molar-refractivity contribution in [3.05, 3.63) is 152 Å². The van der Waals surface area contributed by atoms with Gasteiger partial charge >= 0.3 is 0 Å². The van der Waals surface area contributed by atoms with Crippen LogP contribution in [0.4, 0.5) is 0 Å². The SMILES string of the molecule is Oc1ccc2[nH]cc(C(c3cc(Br)c(C(c4c[nH]c5ccc(O)cc45)c4c[nH]c5ccc(O)cc45)cc3Br)c3c[nH]c4ccc(O)cc34)c2c1. The fourth-order valence-electron chi connectivity index (χ4n) is 7.50. The summed E-state index contributed by atoms with van der Waals surface area (Å²) in [6.07, 6.45) is 7.91. The molecule has 0 aliphatic heterocycles.